The van der Waals surface area contributed by atoms with Crippen LogP contribution in [0.5, 0.6) is 11.5 Å². The Hall–Kier alpha value is -2.06. The third kappa shape index (κ3) is 5.51. The molecule has 0 saturated heterocycles. The van der Waals surface area contributed by atoms with Gasteiger partial charge in [0.2, 0.25) is 0 Å². The van der Waals surface area contributed by atoms with Gasteiger partial charge in [-0.15, -0.1) is 12.4 Å². The molecule has 0 aliphatic carbocycles. The Morgan fingerprint density at radius 2 is 1.72 bits per heavy atom. The number of fused-ring (bicyclic) bond motifs is 1. The third-order valence-corrected chi connectivity index (χ3v) is 5.46. The highest BCUT2D eigenvalue weighted by atomic mass is 35.5. The molecule has 1 aromatic heterocycles. The van der Waals surface area contributed by atoms with Crippen molar-refractivity contribution in [3.05, 3.63) is 47.0 Å². The zero-order chi connectivity index (χ0) is 20.3. The molecule has 0 N–H and O–H groups in total. The standard InChI is InChI=1S/C20H22ClN3O3S.ClH/c1-23(2)7-8-24(20-22-17-6-5-14(21)11-18(17)28-20)19(25)13-9-15(26-3)12-16(10-13)27-4;/h5-6,9-12H,7-8H2,1-4H3;1H. The molecule has 3 rings (SSSR count). The van der Waals surface area contributed by atoms with Crippen molar-refractivity contribution in [1.29, 1.82) is 0 Å². The van der Waals surface area contributed by atoms with E-state index in [9.17, 15) is 4.79 Å². The normalized spacial score (nSPS) is 10.7. The Morgan fingerprint density at radius 1 is 1.07 bits per heavy atom. The Bertz CT molecular complexity index is 972. The van der Waals surface area contributed by atoms with Gasteiger partial charge >= 0.3 is 0 Å². The zero-order valence-electron chi connectivity index (χ0n) is 16.6. The Balaban J connectivity index is 0.00000300. The first-order valence-electron chi connectivity index (χ1n) is 8.67. The highest BCUT2D eigenvalue weighted by Gasteiger charge is 2.22. The lowest BCUT2D eigenvalue weighted by molar-refractivity contribution is 0.0984. The number of likely N-dealkylation sites (N-methyl/N-ethyl adjacent to an activating group) is 1. The van der Waals surface area contributed by atoms with E-state index in [1.165, 1.54) is 11.3 Å². The maximum Gasteiger partial charge on any atom is 0.260 e. The minimum Gasteiger partial charge on any atom is -0.497 e. The average Bonchev–Trinajstić information content (AvgIpc) is 3.09. The molecule has 0 bridgehead atoms. The number of ether oxygens (including phenoxy) is 2. The van der Waals surface area contributed by atoms with Crippen molar-refractivity contribution in [2.24, 2.45) is 0 Å². The molecule has 1 amide bonds. The summed E-state index contributed by atoms with van der Waals surface area (Å²) < 4.78 is 11.5. The van der Waals surface area contributed by atoms with E-state index in [2.05, 4.69) is 4.98 Å². The van der Waals surface area contributed by atoms with Gasteiger partial charge in [-0.25, -0.2) is 4.98 Å². The molecule has 29 heavy (non-hydrogen) atoms. The van der Waals surface area contributed by atoms with Crippen LogP contribution in [-0.4, -0.2) is 57.2 Å². The van der Waals surface area contributed by atoms with Crippen LogP contribution >= 0.6 is 35.3 Å². The number of aromatic nitrogens is 1. The third-order valence-electron chi connectivity index (χ3n) is 4.18. The first kappa shape index (κ1) is 23.2. The van der Waals surface area contributed by atoms with Crippen molar-refractivity contribution in [3.63, 3.8) is 0 Å². The van der Waals surface area contributed by atoms with Crippen LogP contribution in [0.4, 0.5) is 5.13 Å². The molecule has 0 fully saturated rings. The van der Waals surface area contributed by atoms with E-state index in [1.807, 2.05) is 31.1 Å². The maximum atomic E-state index is 13.4. The van der Waals surface area contributed by atoms with E-state index in [0.717, 1.165) is 10.2 Å². The molecule has 156 valence electrons. The number of amides is 1. The number of anilines is 1. The number of benzene rings is 2. The highest BCUT2D eigenvalue weighted by Crippen LogP contribution is 2.32. The van der Waals surface area contributed by atoms with Gasteiger partial charge in [-0.3, -0.25) is 9.69 Å². The summed E-state index contributed by atoms with van der Waals surface area (Å²) >= 11 is 7.54. The summed E-state index contributed by atoms with van der Waals surface area (Å²) in [6.45, 7) is 1.20. The van der Waals surface area contributed by atoms with Gasteiger partial charge in [0.1, 0.15) is 11.5 Å². The number of hydrogen-bond acceptors (Lipinski definition) is 6. The summed E-state index contributed by atoms with van der Waals surface area (Å²) in [6, 6.07) is 10.7. The summed E-state index contributed by atoms with van der Waals surface area (Å²) in [7, 11) is 7.05. The second-order valence-electron chi connectivity index (χ2n) is 6.47. The van der Waals surface area contributed by atoms with Crippen molar-refractivity contribution >= 4 is 56.6 Å². The lowest BCUT2D eigenvalue weighted by Crippen LogP contribution is -2.36. The molecule has 6 nitrogen and oxygen atoms in total. The number of thiazole rings is 1. The van der Waals surface area contributed by atoms with Gasteiger partial charge in [-0.1, -0.05) is 22.9 Å². The monoisotopic (exact) mass is 455 g/mol. The van der Waals surface area contributed by atoms with Crippen LogP contribution in [0.25, 0.3) is 10.2 Å². The van der Waals surface area contributed by atoms with Gasteiger partial charge in [0.15, 0.2) is 5.13 Å². The van der Waals surface area contributed by atoms with Crippen LogP contribution in [0.15, 0.2) is 36.4 Å². The van der Waals surface area contributed by atoms with Crippen molar-refractivity contribution < 1.29 is 14.3 Å². The first-order valence-corrected chi connectivity index (χ1v) is 9.86. The Labute approximate surface area is 185 Å². The van der Waals surface area contributed by atoms with Crippen molar-refractivity contribution in [3.8, 4) is 11.5 Å². The fraction of sp³-hybridized carbons (Fsp3) is 0.300. The fourth-order valence-corrected chi connectivity index (χ4v) is 3.94. The van der Waals surface area contributed by atoms with E-state index < -0.39 is 0 Å². The largest absolute Gasteiger partial charge is 0.497 e. The molecule has 1 heterocycles. The summed E-state index contributed by atoms with van der Waals surface area (Å²) in [5, 5.41) is 1.28. The first-order chi connectivity index (χ1) is 13.4. The van der Waals surface area contributed by atoms with Gasteiger partial charge in [0.05, 0.1) is 24.4 Å². The van der Waals surface area contributed by atoms with Crippen LogP contribution < -0.4 is 14.4 Å². The molecule has 0 spiro atoms. The van der Waals surface area contributed by atoms with E-state index in [-0.39, 0.29) is 18.3 Å². The number of carbonyl (C=O) groups is 1. The summed E-state index contributed by atoms with van der Waals surface area (Å²) in [6.07, 6.45) is 0. The molecule has 0 unspecified atom stereocenters. The predicted molar refractivity (Wildman–Crippen MR) is 122 cm³/mol. The lowest BCUT2D eigenvalue weighted by atomic mass is 10.1. The average molecular weight is 456 g/mol. The molecule has 0 aliphatic heterocycles. The molecule has 0 atom stereocenters. The van der Waals surface area contributed by atoms with E-state index in [0.29, 0.717) is 40.3 Å². The number of methoxy groups -OCH3 is 2. The molecule has 0 radical (unpaired) electrons. The quantitative estimate of drug-likeness (QED) is 0.520. The van der Waals surface area contributed by atoms with Gasteiger partial charge < -0.3 is 14.4 Å². The van der Waals surface area contributed by atoms with Crippen molar-refractivity contribution in [2.75, 3.05) is 46.3 Å². The molecular weight excluding hydrogens is 433 g/mol. The highest BCUT2D eigenvalue weighted by molar-refractivity contribution is 7.22. The second kappa shape index (κ2) is 10.1. The molecule has 0 saturated carbocycles. The van der Waals surface area contributed by atoms with Gasteiger partial charge in [-0.2, -0.15) is 0 Å². The molecular formula is C20H23Cl2N3O3S. The smallest absolute Gasteiger partial charge is 0.260 e. The van der Waals surface area contributed by atoms with Gasteiger partial charge in [0.25, 0.3) is 5.91 Å². The number of carbonyl (C=O) groups excluding carboxylic acids is 1. The SMILES string of the molecule is COc1cc(OC)cc(C(=O)N(CCN(C)C)c2nc3ccc(Cl)cc3s2)c1.Cl. The summed E-state index contributed by atoms with van der Waals surface area (Å²) in [5.41, 5.74) is 1.29. The maximum absolute atomic E-state index is 13.4. The zero-order valence-corrected chi connectivity index (χ0v) is 19.0. The van der Waals surface area contributed by atoms with Crippen molar-refractivity contribution in [1.82, 2.24) is 9.88 Å². The van der Waals surface area contributed by atoms with Gasteiger partial charge in [-0.05, 0) is 44.4 Å². The molecule has 3 aromatic rings. The number of rotatable bonds is 7. The number of hydrogen-bond donors (Lipinski definition) is 0. The molecule has 2 aromatic carbocycles. The summed E-state index contributed by atoms with van der Waals surface area (Å²) in [5.74, 6) is 0.960. The summed E-state index contributed by atoms with van der Waals surface area (Å²) in [4.78, 5) is 21.7. The van der Waals surface area contributed by atoms with Crippen LogP contribution in [0.2, 0.25) is 5.02 Å². The topological polar surface area (TPSA) is 54.9 Å². The van der Waals surface area contributed by atoms with E-state index in [4.69, 9.17) is 21.1 Å². The second-order valence-corrected chi connectivity index (χ2v) is 7.92. The minimum absolute atomic E-state index is 0. The Kier molecular flexibility index (Phi) is 8.10. The molecule has 9 heteroatoms. The fourth-order valence-electron chi connectivity index (χ4n) is 2.67. The molecule has 0 aliphatic rings. The van der Waals surface area contributed by atoms with Crippen LogP contribution in [-0.2, 0) is 0 Å². The van der Waals surface area contributed by atoms with Crippen LogP contribution in [0, 0.1) is 0 Å². The van der Waals surface area contributed by atoms with Crippen LogP contribution in [0.3, 0.4) is 0 Å². The van der Waals surface area contributed by atoms with E-state index in [1.54, 1.807) is 43.4 Å². The number of halogens is 2. The van der Waals surface area contributed by atoms with Gasteiger partial charge in [0, 0.05) is 29.7 Å². The predicted octanol–water partition coefficient (Wildman–Crippen LogP) is 4.60. The Morgan fingerprint density at radius 3 is 2.31 bits per heavy atom. The van der Waals surface area contributed by atoms with Crippen molar-refractivity contribution in [2.45, 2.75) is 0 Å². The number of nitrogens with zero attached hydrogens (tertiary/aromatic N) is 3. The van der Waals surface area contributed by atoms with E-state index >= 15 is 0 Å². The lowest BCUT2D eigenvalue weighted by Gasteiger charge is -2.22. The minimum atomic E-state index is -0.163. The van der Waals surface area contributed by atoms with Crippen LogP contribution in [0.1, 0.15) is 10.4 Å².